The highest BCUT2D eigenvalue weighted by Gasteiger charge is 2.67. The Morgan fingerprint density at radius 1 is 0.649 bits per heavy atom. The van der Waals surface area contributed by atoms with Crippen LogP contribution in [0, 0.1) is 47.3 Å². The van der Waals surface area contributed by atoms with Crippen molar-refractivity contribution in [2.24, 2.45) is 47.3 Å². The van der Waals surface area contributed by atoms with Gasteiger partial charge >= 0.3 is 0 Å². The second-order valence-corrected chi connectivity index (χ2v) is 13.6. The molecule has 12 bridgehead atoms. The number of hydrazine groups is 1. The lowest BCUT2D eigenvalue weighted by Gasteiger charge is -2.48. The maximum atomic E-state index is 4.45. The van der Waals surface area contributed by atoms with Crippen LogP contribution in [-0.2, 0) is 0 Å². The summed E-state index contributed by atoms with van der Waals surface area (Å²) in [6.07, 6.45) is 13.1. The highest BCUT2D eigenvalue weighted by atomic mass is 15.8. The zero-order valence-electron chi connectivity index (χ0n) is 22.8. The van der Waals surface area contributed by atoms with Crippen LogP contribution < -0.4 is 21.3 Å². The van der Waals surface area contributed by atoms with Crippen LogP contribution in [0.2, 0.25) is 0 Å². The Kier molecular flexibility index (Phi) is 5.18. The molecule has 18 unspecified atom stereocenters. The number of hydrogen-bond donors (Lipinski definition) is 4. The number of nitrogens with zero attached hydrogens (tertiary/aromatic N) is 2. The van der Waals surface area contributed by atoms with E-state index in [1.54, 1.807) is 11.1 Å². The zero-order valence-corrected chi connectivity index (χ0v) is 22.8. The molecule has 6 aliphatic heterocycles. The molecule has 6 heterocycles. The minimum atomic E-state index is 0.187. The Labute approximate surface area is 223 Å². The molecule has 8 fully saturated rings. The Morgan fingerprint density at radius 3 is 1.65 bits per heavy atom. The van der Waals surface area contributed by atoms with Gasteiger partial charge in [-0.25, -0.2) is 10.0 Å². The summed E-state index contributed by atoms with van der Waals surface area (Å²) in [5, 5.41) is 23.0. The number of nitrogens with one attached hydrogen (secondary N) is 4. The van der Waals surface area contributed by atoms with E-state index in [1.807, 2.05) is 0 Å². The van der Waals surface area contributed by atoms with Gasteiger partial charge in [0.1, 0.15) is 0 Å². The molecule has 0 radical (unpaired) electrons. The first kappa shape index (κ1) is 23.6. The predicted octanol–water partition coefficient (Wildman–Crippen LogP) is 3.16. The Hall–Kier alpha value is -1.28. The van der Waals surface area contributed by atoms with Crippen LogP contribution in [0.4, 0.5) is 0 Å². The fourth-order valence-corrected chi connectivity index (χ4v) is 11.1. The average molecular weight is 503 g/mol. The summed E-state index contributed by atoms with van der Waals surface area (Å²) in [6.45, 7) is 20.4. The minimum absolute atomic E-state index is 0.187. The van der Waals surface area contributed by atoms with Gasteiger partial charge in [-0.15, -0.1) is 19.7 Å². The second kappa shape index (κ2) is 8.12. The third-order valence-corrected chi connectivity index (χ3v) is 12.7. The highest BCUT2D eigenvalue weighted by molar-refractivity contribution is 5.36. The first-order valence-electron chi connectivity index (χ1n) is 15.2. The molecule has 0 spiro atoms. The van der Waals surface area contributed by atoms with Gasteiger partial charge in [0.05, 0.1) is 24.7 Å². The van der Waals surface area contributed by atoms with Crippen LogP contribution in [0.3, 0.4) is 0 Å². The summed E-state index contributed by atoms with van der Waals surface area (Å²) in [7, 11) is 0. The predicted molar refractivity (Wildman–Crippen MR) is 148 cm³/mol. The fourth-order valence-electron chi connectivity index (χ4n) is 11.1. The topological polar surface area (TPSA) is 54.6 Å². The van der Waals surface area contributed by atoms with Gasteiger partial charge in [-0.3, -0.25) is 21.3 Å². The third-order valence-electron chi connectivity index (χ3n) is 12.7. The molecule has 0 amide bonds. The molecule has 3 aliphatic carbocycles. The smallest absolute Gasteiger partial charge is 0.0829 e. The lowest BCUT2D eigenvalue weighted by molar-refractivity contribution is -0.144. The van der Waals surface area contributed by atoms with E-state index in [1.165, 1.54) is 25.7 Å². The quantitative estimate of drug-likeness (QED) is 0.445. The Balaban J connectivity index is 1.43. The lowest BCUT2D eigenvalue weighted by atomic mass is 9.75. The van der Waals surface area contributed by atoms with Gasteiger partial charge in [0.15, 0.2) is 0 Å². The monoisotopic (exact) mass is 502 g/mol. The van der Waals surface area contributed by atoms with Crippen LogP contribution in [0.1, 0.15) is 46.5 Å². The van der Waals surface area contributed by atoms with Gasteiger partial charge in [-0.2, -0.15) is 0 Å². The largest absolute Gasteiger partial charge is 0.297 e. The molecule has 0 aromatic heterocycles. The van der Waals surface area contributed by atoms with E-state index in [-0.39, 0.29) is 24.7 Å². The maximum absolute atomic E-state index is 4.45. The molecule has 0 aromatic rings. The average Bonchev–Trinajstić information content (AvgIpc) is 3.57. The molecule has 9 aliphatic rings. The van der Waals surface area contributed by atoms with Crippen molar-refractivity contribution in [3.63, 3.8) is 0 Å². The van der Waals surface area contributed by atoms with E-state index in [0.29, 0.717) is 59.7 Å². The van der Waals surface area contributed by atoms with Crippen LogP contribution in [0.5, 0.6) is 0 Å². The molecule has 37 heavy (non-hydrogen) atoms. The van der Waals surface area contributed by atoms with Crippen molar-refractivity contribution in [1.82, 2.24) is 31.3 Å². The first-order valence-corrected chi connectivity index (χ1v) is 15.2. The van der Waals surface area contributed by atoms with E-state index in [4.69, 9.17) is 0 Å². The summed E-state index contributed by atoms with van der Waals surface area (Å²) < 4.78 is 0. The first-order chi connectivity index (χ1) is 18.0. The summed E-state index contributed by atoms with van der Waals surface area (Å²) >= 11 is 0. The molecule has 200 valence electrons. The van der Waals surface area contributed by atoms with E-state index >= 15 is 0 Å². The van der Waals surface area contributed by atoms with Crippen molar-refractivity contribution in [3.05, 3.63) is 49.1 Å². The molecule has 6 heteroatoms. The van der Waals surface area contributed by atoms with Gasteiger partial charge in [0.2, 0.25) is 0 Å². The van der Waals surface area contributed by atoms with Crippen molar-refractivity contribution in [2.45, 2.75) is 95.3 Å². The standard InChI is InChI=1S/C31H46N6/c1-7-17-16(6)28-34-26-20-12-10-11-13-21(20)27-23(26)22-24-14(4)15(5)25(22)33-30-18(8-2)19(9-3)31(35-27)37(30)36(28)29(17)32-24/h7-9,16-35H,1-3,10-13H2,4-6H3. The zero-order chi connectivity index (χ0) is 25.3. The third kappa shape index (κ3) is 2.78. The highest BCUT2D eigenvalue weighted by Crippen LogP contribution is 2.57. The van der Waals surface area contributed by atoms with Crippen molar-refractivity contribution in [3.8, 4) is 0 Å². The maximum Gasteiger partial charge on any atom is 0.0829 e. The minimum Gasteiger partial charge on any atom is -0.297 e. The summed E-state index contributed by atoms with van der Waals surface area (Å²) in [4.78, 5) is 0. The molecule has 2 saturated carbocycles. The van der Waals surface area contributed by atoms with E-state index in [2.05, 4.69) is 90.0 Å². The van der Waals surface area contributed by atoms with Crippen molar-refractivity contribution in [1.29, 1.82) is 0 Å². The molecular weight excluding hydrogens is 456 g/mol. The van der Waals surface area contributed by atoms with Crippen LogP contribution >= 0.6 is 0 Å². The molecule has 9 rings (SSSR count). The van der Waals surface area contributed by atoms with E-state index in [9.17, 15) is 0 Å². The SMILES string of the molecule is C=CC1C(C)C2NC3C4CCCCC4C4NC5C(C=C)C(C=C)C6NC7C(C)=C(C)C(NC1N2N65)C7C34. The Bertz CT molecular complexity index is 1050. The van der Waals surface area contributed by atoms with Crippen LogP contribution in [0.15, 0.2) is 49.1 Å². The van der Waals surface area contributed by atoms with Gasteiger partial charge in [0, 0.05) is 47.8 Å². The Morgan fingerprint density at radius 2 is 1.11 bits per heavy atom. The van der Waals surface area contributed by atoms with Gasteiger partial charge in [-0.05, 0) is 50.4 Å². The van der Waals surface area contributed by atoms with Gasteiger partial charge in [0.25, 0.3) is 0 Å². The number of fused-ring (bicyclic) bond motifs is 1. The normalized spacial score (nSPS) is 60.7. The fraction of sp³-hybridized carbons (Fsp3) is 0.742. The number of rotatable bonds is 3. The lowest BCUT2D eigenvalue weighted by Crippen LogP contribution is -2.68. The van der Waals surface area contributed by atoms with E-state index in [0.717, 1.165) is 11.8 Å². The van der Waals surface area contributed by atoms with Gasteiger partial charge in [-0.1, -0.05) is 49.1 Å². The molecule has 6 nitrogen and oxygen atoms in total. The number of hydrogen-bond acceptors (Lipinski definition) is 6. The summed E-state index contributed by atoms with van der Waals surface area (Å²) in [6, 6.07) is 1.85. The molecule has 6 saturated heterocycles. The summed E-state index contributed by atoms with van der Waals surface area (Å²) in [5.74, 6) is 4.10. The van der Waals surface area contributed by atoms with Crippen molar-refractivity contribution >= 4 is 0 Å². The van der Waals surface area contributed by atoms with E-state index < -0.39 is 0 Å². The molecule has 0 aromatic carbocycles. The molecule has 18 atom stereocenters. The van der Waals surface area contributed by atoms with Crippen LogP contribution in [-0.4, -0.2) is 58.8 Å². The summed E-state index contributed by atoms with van der Waals surface area (Å²) in [5.41, 5.74) is 3.12. The second-order valence-electron chi connectivity index (χ2n) is 13.6. The van der Waals surface area contributed by atoms with Gasteiger partial charge < -0.3 is 0 Å². The van der Waals surface area contributed by atoms with Crippen molar-refractivity contribution < 1.29 is 0 Å². The molecular formula is C31H46N6. The van der Waals surface area contributed by atoms with Crippen molar-refractivity contribution in [2.75, 3.05) is 0 Å². The van der Waals surface area contributed by atoms with Crippen LogP contribution in [0.25, 0.3) is 0 Å². The molecule has 4 N–H and O–H groups in total.